The number of nitrogens with zero attached hydrogens (tertiary/aromatic N) is 3. The summed E-state index contributed by atoms with van der Waals surface area (Å²) in [6.07, 6.45) is 2.59. The first-order valence-corrected chi connectivity index (χ1v) is 11.3. The second kappa shape index (κ2) is 11.1. The van der Waals surface area contributed by atoms with Gasteiger partial charge in [0, 0.05) is 51.1 Å². The number of aryl methyl sites for hydroxylation is 2. The predicted molar refractivity (Wildman–Crippen MR) is 126 cm³/mol. The zero-order valence-electron chi connectivity index (χ0n) is 19.6. The molecule has 7 heteroatoms. The van der Waals surface area contributed by atoms with Gasteiger partial charge in [-0.2, -0.15) is 0 Å². The van der Waals surface area contributed by atoms with Crippen molar-refractivity contribution in [3.8, 4) is 0 Å². The van der Waals surface area contributed by atoms with Crippen LogP contribution in [0.3, 0.4) is 0 Å². The van der Waals surface area contributed by atoms with E-state index in [0.29, 0.717) is 44.9 Å². The second-order valence-corrected chi connectivity index (χ2v) is 8.53. The van der Waals surface area contributed by atoms with Crippen molar-refractivity contribution in [2.45, 2.75) is 40.2 Å². The maximum absolute atomic E-state index is 12.9. The lowest BCUT2D eigenvalue weighted by atomic mass is 10.0. The number of anilines is 1. The quantitative estimate of drug-likeness (QED) is 0.641. The van der Waals surface area contributed by atoms with Crippen molar-refractivity contribution in [3.05, 3.63) is 58.8 Å². The van der Waals surface area contributed by atoms with E-state index in [1.807, 2.05) is 56.9 Å². The Labute approximate surface area is 190 Å². The van der Waals surface area contributed by atoms with Gasteiger partial charge in [0.1, 0.15) is 5.82 Å². The number of hydrogen-bond donors (Lipinski definition) is 1. The summed E-state index contributed by atoms with van der Waals surface area (Å²) in [5.41, 5.74) is 3.49. The van der Waals surface area contributed by atoms with E-state index in [4.69, 9.17) is 4.74 Å². The molecule has 0 aliphatic carbocycles. The summed E-state index contributed by atoms with van der Waals surface area (Å²) >= 11 is 0. The van der Waals surface area contributed by atoms with E-state index in [-0.39, 0.29) is 17.9 Å². The second-order valence-electron chi connectivity index (χ2n) is 8.53. The van der Waals surface area contributed by atoms with Gasteiger partial charge < -0.3 is 19.9 Å². The van der Waals surface area contributed by atoms with Crippen molar-refractivity contribution in [2.24, 2.45) is 0 Å². The van der Waals surface area contributed by atoms with Gasteiger partial charge in [-0.3, -0.25) is 9.59 Å². The van der Waals surface area contributed by atoms with Crippen LogP contribution >= 0.6 is 0 Å². The molecular weight excluding hydrogens is 404 g/mol. The Morgan fingerprint density at radius 3 is 2.47 bits per heavy atom. The summed E-state index contributed by atoms with van der Waals surface area (Å²) in [7, 11) is 0. The Balaban J connectivity index is 1.48. The number of aromatic nitrogens is 1. The monoisotopic (exact) mass is 438 g/mol. The average molecular weight is 439 g/mol. The summed E-state index contributed by atoms with van der Waals surface area (Å²) in [6, 6.07) is 9.62. The zero-order chi connectivity index (χ0) is 23.1. The number of pyridine rings is 1. The fraction of sp³-hybridized carbons (Fsp3) is 0.480. The van der Waals surface area contributed by atoms with E-state index < -0.39 is 0 Å². The van der Waals surface area contributed by atoms with E-state index in [2.05, 4.69) is 15.2 Å². The van der Waals surface area contributed by atoms with E-state index >= 15 is 0 Å². The lowest BCUT2D eigenvalue weighted by Gasteiger charge is -2.35. The minimum absolute atomic E-state index is 0.0842. The van der Waals surface area contributed by atoms with Gasteiger partial charge in [0.25, 0.3) is 11.8 Å². The molecule has 1 aliphatic rings. The van der Waals surface area contributed by atoms with Crippen LogP contribution in [-0.2, 0) is 4.74 Å². The topological polar surface area (TPSA) is 74.8 Å². The molecule has 0 saturated carbocycles. The van der Waals surface area contributed by atoms with Crippen LogP contribution in [-0.4, -0.2) is 67.1 Å². The number of amides is 2. The fourth-order valence-corrected chi connectivity index (χ4v) is 3.77. The maximum Gasteiger partial charge on any atom is 0.254 e. The predicted octanol–water partition coefficient (Wildman–Crippen LogP) is 3.21. The molecule has 1 aliphatic heterocycles. The Morgan fingerprint density at radius 2 is 1.84 bits per heavy atom. The van der Waals surface area contributed by atoms with Crippen LogP contribution in [0.2, 0.25) is 0 Å². The summed E-state index contributed by atoms with van der Waals surface area (Å²) in [5, 5.41) is 2.90. The van der Waals surface area contributed by atoms with E-state index in [1.54, 1.807) is 12.3 Å². The molecule has 3 rings (SSSR count). The molecule has 0 bridgehead atoms. The highest BCUT2D eigenvalue weighted by atomic mass is 16.5. The maximum atomic E-state index is 12.9. The third-order valence-corrected chi connectivity index (χ3v) is 5.57. The van der Waals surface area contributed by atoms with Crippen LogP contribution in [0.15, 0.2) is 36.5 Å². The number of benzene rings is 1. The molecule has 1 N–H and O–H groups in total. The summed E-state index contributed by atoms with van der Waals surface area (Å²) in [5.74, 6) is 0.781. The molecule has 32 heavy (non-hydrogen) atoms. The molecule has 2 amide bonds. The lowest BCUT2D eigenvalue weighted by Crippen LogP contribution is -2.49. The Morgan fingerprint density at radius 1 is 1.09 bits per heavy atom. The highest BCUT2D eigenvalue weighted by Crippen LogP contribution is 2.18. The number of carbonyl (C=O) groups is 2. The van der Waals surface area contributed by atoms with Crippen molar-refractivity contribution in [1.29, 1.82) is 0 Å². The number of piperazine rings is 1. The number of rotatable bonds is 8. The molecule has 0 radical (unpaired) electrons. The summed E-state index contributed by atoms with van der Waals surface area (Å²) < 4.78 is 5.48. The number of carbonyl (C=O) groups excluding carboxylic acids is 2. The van der Waals surface area contributed by atoms with Crippen LogP contribution in [0.5, 0.6) is 0 Å². The zero-order valence-corrected chi connectivity index (χ0v) is 19.6. The van der Waals surface area contributed by atoms with Gasteiger partial charge >= 0.3 is 0 Å². The normalized spacial score (nSPS) is 14.0. The third kappa shape index (κ3) is 6.29. The van der Waals surface area contributed by atoms with E-state index in [0.717, 1.165) is 28.9 Å². The molecule has 1 aromatic heterocycles. The van der Waals surface area contributed by atoms with Crippen LogP contribution in [0.25, 0.3) is 0 Å². The molecule has 1 saturated heterocycles. The third-order valence-electron chi connectivity index (χ3n) is 5.57. The highest BCUT2D eigenvalue weighted by Gasteiger charge is 2.24. The molecule has 0 unspecified atom stereocenters. The van der Waals surface area contributed by atoms with Crippen molar-refractivity contribution in [3.63, 3.8) is 0 Å². The van der Waals surface area contributed by atoms with Crippen molar-refractivity contribution < 1.29 is 14.3 Å². The number of ether oxygens (including phenoxy) is 1. The fourth-order valence-electron chi connectivity index (χ4n) is 3.77. The van der Waals surface area contributed by atoms with Crippen molar-refractivity contribution in [2.75, 3.05) is 44.2 Å². The first-order valence-electron chi connectivity index (χ1n) is 11.3. The molecule has 1 fully saturated rings. The Kier molecular flexibility index (Phi) is 8.22. The Bertz CT molecular complexity index is 919. The molecule has 1 aromatic carbocycles. The van der Waals surface area contributed by atoms with Gasteiger partial charge in [0.2, 0.25) is 0 Å². The minimum Gasteiger partial charge on any atom is -0.379 e. The largest absolute Gasteiger partial charge is 0.379 e. The van der Waals surface area contributed by atoms with Gasteiger partial charge in [-0.1, -0.05) is 17.7 Å². The molecular formula is C25H34N4O3. The van der Waals surface area contributed by atoms with Gasteiger partial charge in [-0.25, -0.2) is 4.98 Å². The highest BCUT2D eigenvalue weighted by molar-refractivity contribution is 5.96. The SMILES string of the molecule is Cc1ccc(C(=O)N2CCN(c3ccc(C(=O)NCCCOC(C)C)cn3)CC2)c(C)c1. The van der Waals surface area contributed by atoms with Gasteiger partial charge in [-0.05, 0) is 57.9 Å². The first kappa shape index (κ1) is 23.7. The van der Waals surface area contributed by atoms with Crippen molar-refractivity contribution in [1.82, 2.24) is 15.2 Å². The minimum atomic E-state index is -0.127. The summed E-state index contributed by atoms with van der Waals surface area (Å²) in [6.45, 7) is 11.9. The van der Waals surface area contributed by atoms with Crippen LogP contribution in [0.1, 0.15) is 52.1 Å². The molecule has 0 spiro atoms. The van der Waals surface area contributed by atoms with Crippen molar-refractivity contribution >= 4 is 17.6 Å². The van der Waals surface area contributed by atoms with E-state index in [1.165, 1.54) is 0 Å². The molecule has 7 nitrogen and oxygen atoms in total. The first-order chi connectivity index (χ1) is 15.3. The molecule has 2 aromatic rings. The molecule has 172 valence electrons. The summed E-state index contributed by atoms with van der Waals surface area (Å²) in [4.78, 5) is 33.7. The van der Waals surface area contributed by atoms with Gasteiger partial charge in [-0.15, -0.1) is 0 Å². The standard InChI is InChI=1S/C25H34N4O3/c1-18(2)32-15-5-10-26-24(30)21-7-9-23(27-17-21)28-11-13-29(14-12-28)25(31)22-8-6-19(3)16-20(22)4/h6-9,16-18H,5,10-15H2,1-4H3,(H,26,30). The van der Waals surface area contributed by atoms with Crippen LogP contribution in [0.4, 0.5) is 5.82 Å². The van der Waals surface area contributed by atoms with Crippen LogP contribution in [0, 0.1) is 13.8 Å². The van der Waals surface area contributed by atoms with Crippen LogP contribution < -0.4 is 10.2 Å². The number of hydrogen-bond acceptors (Lipinski definition) is 5. The van der Waals surface area contributed by atoms with E-state index in [9.17, 15) is 9.59 Å². The number of nitrogens with one attached hydrogen (secondary N) is 1. The molecule has 0 atom stereocenters. The van der Waals surface area contributed by atoms with Gasteiger partial charge in [0.15, 0.2) is 0 Å². The van der Waals surface area contributed by atoms with Gasteiger partial charge in [0.05, 0.1) is 11.7 Å². The average Bonchev–Trinajstić information content (AvgIpc) is 2.78. The Hall–Kier alpha value is -2.93. The molecule has 2 heterocycles. The smallest absolute Gasteiger partial charge is 0.254 e. The lowest BCUT2D eigenvalue weighted by molar-refractivity contribution is 0.0742.